The van der Waals surface area contributed by atoms with E-state index in [1.54, 1.807) is 32.4 Å². The highest BCUT2D eigenvalue weighted by molar-refractivity contribution is 7.07. The standard InChI is InChI=1S/C27H28N2O5S/c1-6-33-21-10-8-7-9-19(21)15-22-25(30)29-24(18-11-13-20(32-5)14-12-18)23(26(31)34-16(2)3)17(4)28-27(29)35-22/h7-16,24H,6H2,1-5H3. The lowest BCUT2D eigenvalue weighted by Gasteiger charge is -2.25. The van der Waals surface area contributed by atoms with Crippen LogP contribution in [-0.2, 0) is 9.53 Å². The summed E-state index contributed by atoms with van der Waals surface area (Å²) < 4.78 is 18.6. The van der Waals surface area contributed by atoms with E-state index < -0.39 is 12.0 Å². The van der Waals surface area contributed by atoms with Gasteiger partial charge in [0.1, 0.15) is 11.5 Å². The third-order valence-corrected chi connectivity index (χ3v) is 6.50. The van der Waals surface area contributed by atoms with Crippen molar-refractivity contribution in [2.45, 2.75) is 39.8 Å². The summed E-state index contributed by atoms with van der Waals surface area (Å²) in [5.74, 6) is 0.892. The second-order valence-electron chi connectivity index (χ2n) is 8.28. The molecule has 0 spiro atoms. The molecule has 0 radical (unpaired) electrons. The molecule has 0 amide bonds. The number of fused-ring (bicyclic) bond motifs is 1. The number of ether oxygens (including phenoxy) is 3. The second-order valence-corrected chi connectivity index (χ2v) is 9.29. The Morgan fingerprint density at radius 1 is 1.17 bits per heavy atom. The summed E-state index contributed by atoms with van der Waals surface area (Å²) in [6.45, 7) is 7.79. The van der Waals surface area contributed by atoms with Crippen LogP contribution in [-0.4, -0.2) is 30.4 Å². The molecule has 0 N–H and O–H groups in total. The predicted molar refractivity (Wildman–Crippen MR) is 136 cm³/mol. The monoisotopic (exact) mass is 492 g/mol. The molecule has 4 rings (SSSR count). The van der Waals surface area contributed by atoms with Crippen molar-refractivity contribution < 1.29 is 19.0 Å². The average Bonchev–Trinajstić information content (AvgIpc) is 3.13. The van der Waals surface area contributed by atoms with Gasteiger partial charge in [0.2, 0.25) is 0 Å². The van der Waals surface area contributed by atoms with Crippen LogP contribution < -0.4 is 24.4 Å². The maximum Gasteiger partial charge on any atom is 0.338 e. The first-order chi connectivity index (χ1) is 16.8. The summed E-state index contributed by atoms with van der Waals surface area (Å²) in [7, 11) is 1.59. The number of thiazole rings is 1. The first-order valence-corrected chi connectivity index (χ1v) is 12.2. The molecular formula is C27H28N2O5S. The number of para-hydroxylation sites is 1. The molecule has 1 aliphatic rings. The summed E-state index contributed by atoms with van der Waals surface area (Å²) in [5.41, 5.74) is 2.20. The number of esters is 1. The summed E-state index contributed by atoms with van der Waals surface area (Å²) in [4.78, 5) is 32.0. The zero-order valence-electron chi connectivity index (χ0n) is 20.4. The Labute approximate surface area is 207 Å². The Balaban J connectivity index is 1.93. The van der Waals surface area contributed by atoms with E-state index >= 15 is 0 Å². The van der Waals surface area contributed by atoms with Crippen molar-refractivity contribution in [2.75, 3.05) is 13.7 Å². The molecular weight excluding hydrogens is 464 g/mol. The Kier molecular flexibility index (Phi) is 7.21. The van der Waals surface area contributed by atoms with E-state index in [4.69, 9.17) is 14.2 Å². The molecule has 0 bridgehead atoms. The third-order valence-electron chi connectivity index (χ3n) is 5.52. The van der Waals surface area contributed by atoms with Crippen LogP contribution >= 0.6 is 11.3 Å². The molecule has 2 aromatic carbocycles. The van der Waals surface area contributed by atoms with E-state index in [1.807, 2.05) is 61.5 Å². The number of carbonyl (C=O) groups is 1. The third kappa shape index (κ3) is 4.93. The van der Waals surface area contributed by atoms with Gasteiger partial charge >= 0.3 is 5.97 Å². The van der Waals surface area contributed by atoms with Crippen molar-refractivity contribution in [3.63, 3.8) is 0 Å². The number of nitrogens with zero attached hydrogens (tertiary/aromatic N) is 2. The number of carbonyl (C=O) groups excluding carboxylic acids is 1. The smallest absolute Gasteiger partial charge is 0.338 e. The first-order valence-electron chi connectivity index (χ1n) is 11.4. The lowest BCUT2D eigenvalue weighted by atomic mass is 9.96. The van der Waals surface area contributed by atoms with E-state index in [-0.39, 0.29) is 11.7 Å². The van der Waals surface area contributed by atoms with E-state index in [0.29, 0.717) is 38.7 Å². The van der Waals surface area contributed by atoms with Crippen LogP contribution in [0.5, 0.6) is 11.5 Å². The summed E-state index contributed by atoms with van der Waals surface area (Å²) >= 11 is 1.28. The highest BCUT2D eigenvalue weighted by atomic mass is 32.1. The van der Waals surface area contributed by atoms with Gasteiger partial charge in [-0.05, 0) is 57.5 Å². The fraction of sp³-hybridized carbons (Fsp3) is 0.296. The first kappa shape index (κ1) is 24.5. The van der Waals surface area contributed by atoms with Gasteiger partial charge in [0.15, 0.2) is 4.80 Å². The van der Waals surface area contributed by atoms with Gasteiger partial charge in [-0.15, -0.1) is 0 Å². The van der Waals surface area contributed by atoms with E-state index in [0.717, 1.165) is 11.1 Å². The quantitative estimate of drug-likeness (QED) is 0.471. The minimum absolute atomic E-state index is 0.233. The average molecular weight is 493 g/mol. The molecule has 35 heavy (non-hydrogen) atoms. The number of hydrogen-bond acceptors (Lipinski definition) is 7. The van der Waals surface area contributed by atoms with Crippen molar-refractivity contribution in [1.82, 2.24) is 4.57 Å². The van der Waals surface area contributed by atoms with Gasteiger partial charge in [0.25, 0.3) is 5.56 Å². The van der Waals surface area contributed by atoms with E-state index in [9.17, 15) is 9.59 Å². The molecule has 1 aromatic heterocycles. The molecule has 8 heteroatoms. The summed E-state index contributed by atoms with van der Waals surface area (Å²) in [6, 6.07) is 14.2. The van der Waals surface area contributed by atoms with E-state index in [2.05, 4.69) is 4.99 Å². The molecule has 1 aliphatic heterocycles. The van der Waals surface area contributed by atoms with Crippen LogP contribution in [0.25, 0.3) is 6.08 Å². The largest absolute Gasteiger partial charge is 0.497 e. The second kappa shape index (κ2) is 10.3. The van der Waals surface area contributed by atoms with Gasteiger partial charge in [-0.25, -0.2) is 9.79 Å². The number of hydrogen-bond donors (Lipinski definition) is 0. The van der Waals surface area contributed by atoms with Crippen LogP contribution in [0.15, 0.2) is 69.6 Å². The number of benzene rings is 2. The molecule has 182 valence electrons. The van der Waals surface area contributed by atoms with Gasteiger partial charge in [-0.3, -0.25) is 9.36 Å². The Bertz CT molecular complexity index is 1450. The van der Waals surface area contributed by atoms with Crippen molar-refractivity contribution in [3.8, 4) is 11.5 Å². The van der Waals surface area contributed by atoms with Crippen LogP contribution in [0.3, 0.4) is 0 Å². The van der Waals surface area contributed by atoms with Crippen molar-refractivity contribution in [3.05, 3.63) is 90.6 Å². The van der Waals surface area contributed by atoms with Crippen molar-refractivity contribution in [1.29, 1.82) is 0 Å². The number of rotatable bonds is 7. The molecule has 3 aromatic rings. The van der Waals surface area contributed by atoms with Crippen molar-refractivity contribution in [2.24, 2.45) is 4.99 Å². The van der Waals surface area contributed by atoms with Gasteiger partial charge in [-0.2, -0.15) is 0 Å². The number of methoxy groups -OCH3 is 1. The van der Waals surface area contributed by atoms with Crippen LogP contribution in [0.1, 0.15) is 44.9 Å². The summed E-state index contributed by atoms with van der Waals surface area (Å²) in [6.07, 6.45) is 1.50. The molecule has 7 nitrogen and oxygen atoms in total. The number of aromatic nitrogens is 1. The highest BCUT2D eigenvalue weighted by Gasteiger charge is 2.33. The maximum absolute atomic E-state index is 13.7. The Morgan fingerprint density at radius 3 is 2.54 bits per heavy atom. The minimum Gasteiger partial charge on any atom is -0.497 e. The predicted octanol–water partition coefficient (Wildman–Crippen LogP) is 3.59. The fourth-order valence-corrected chi connectivity index (χ4v) is 5.03. The van der Waals surface area contributed by atoms with Gasteiger partial charge in [0, 0.05) is 5.56 Å². The maximum atomic E-state index is 13.7. The number of allylic oxidation sites excluding steroid dienone is 1. The summed E-state index contributed by atoms with van der Waals surface area (Å²) in [5, 5.41) is 0. The highest BCUT2D eigenvalue weighted by Crippen LogP contribution is 2.32. The molecule has 0 saturated carbocycles. The zero-order valence-corrected chi connectivity index (χ0v) is 21.2. The SMILES string of the molecule is CCOc1ccccc1C=c1sc2n(c1=O)C(c1ccc(OC)cc1)C(C(=O)OC(C)C)=C(C)N=2. The lowest BCUT2D eigenvalue weighted by Crippen LogP contribution is -2.40. The lowest BCUT2D eigenvalue weighted by molar-refractivity contribution is -0.143. The Hall–Kier alpha value is -3.65. The topological polar surface area (TPSA) is 79.1 Å². The fourth-order valence-electron chi connectivity index (χ4n) is 3.99. The minimum atomic E-state index is -0.673. The van der Waals surface area contributed by atoms with Gasteiger partial charge in [-0.1, -0.05) is 41.7 Å². The molecule has 2 heterocycles. The van der Waals surface area contributed by atoms with Crippen LogP contribution in [0.4, 0.5) is 0 Å². The zero-order chi connectivity index (χ0) is 25.1. The van der Waals surface area contributed by atoms with Gasteiger partial charge < -0.3 is 14.2 Å². The van der Waals surface area contributed by atoms with E-state index in [1.165, 1.54) is 11.3 Å². The molecule has 0 aliphatic carbocycles. The molecule has 1 unspecified atom stereocenters. The molecule has 1 atom stereocenters. The van der Waals surface area contributed by atoms with Crippen LogP contribution in [0, 0.1) is 0 Å². The Morgan fingerprint density at radius 2 is 1.89 bits per heavy atom. The van der Waals surface area contributed by atoms with Crippen molar-refractivity contribution >= 4 is 23.4 Å². The molecule has 0 saturated heterocycles. The molecule has 0 fully saturated rings. The van der Waals surface area contributed by atoms with Gasteiger partial charge in [0.05, 0.1) is 41.7 Å². The normalized spacial score (nSPS) is 15.6. The van der Waals surface area contributed by atoms with Crippen LogP contribution in [0.2, 0.25) is 0 Å².